The van der Waals surface area contributed by atoms with E-state index < -0.39 is 0 Å². The molecule has 0 radical (unpaired) electrons. The third kappa shape index (κ3) is 2.91. The Morgan fingerprint density at radius 2 is 1.82 bits per heavy atom. The molecule has 0 aliphatic heterocycles. The van der Waals surface area contributed by atoms with Gasteiger partial charge in [-0.2, -0.15) is 5.10 Å². The summed E-state index contributed by atoms with van der Waals surface area (Å²) >= 11 is 0. The van der Waals surface area contributed by atoms with Crippen LogP contribution >= 0.6 is 0 Å². The van der Waals surface area contributed by atoms with Crippen molar-refractivity contribution in [1.29, 1.82) is 0 Å². The Kier molecular flexibility index (Phi) is 3.74. The maximum Gasteiger partial charge on any atom is 0.160 e. The smallest absolute Gasteiger partial charge is 0.160 e. The van der Waals surface area contributed by atoms with E-state index in [1.807, 2.05) is 54.6 Å². The van der Waals surface area contributed by atoms with Crippen molar-refractivity contribution < 1.29 is 4.79 Å². The lowest BCUT2D eigenvalue weighted by Gasteiger charge is -2.04. The lowest BCUT2D eigenvalue weighted by Crippen LogP contribution is -1.95. The van der Waals surface area contributed by atoms with Crippen LogP contribution in [-0.2, 0) is 0 Å². The maximum absolute atomic E-state index is 11.7. The van der Waals surface area contributed by atoms with Gasteiger partial charge in [0.05, 0.1) is 5.69 Å². The highest BCUT2D eigenvalue weighted by Gasteiger charge is 2.11. The molecule has 110 valence electrons. The molecule has 3 aromatic rings. The van der Waals surface area contributed by atoms with Gasteiger partial charge in [-0.25, -0.2) is 0 Å². The van der Waals surface area contributed by atoms with Crippen LogP contribution in [0.1, 0.15) is 22.8 Å². The highest BCUT2D eigenvalue weighted by atomic mass is 16.1. The fourth-order valence-corrected chi connectivity index (χ4v) is 2.33. The summed E-state index contributed by atoms with van der Waals surface area (Å²) in [6.45, 7) is 3.62. The van der Waals surface area contributed by atoms with E-state index in [0.29, 0.717) is 5.56 Å². The predicted octanol–water partition coefficient (Wildman–Crippen LogP) is 4.33. The van der Waals surface area contributed by atoms with Crippen LogP contribution in [0.4, 0.5) is 11.5 Å². The first-order chi connectivity index (χ1) is 10.6. The Hall–Kier alpha value is -2.88. The number of hydrogen-bond donors (Lipinski definition) is 2. The number of aromatic nitrogens is 2. The molecule has 4 nitrogen and oxygen atoms in total. The second-order valence-electron chi connectivity index (χ2n) is 5.26. The van der Waals surface area contributed by atoms with Gasteiger partial charge in [0.15, 0.2) is 11.6 Å². The molecule has 22 heavy (non-hydrogen) atoms. The molecule has 4 heteroatoms. The number of carbonyl (C=O) groups excluding carboxylic acids is 1. The average Bonchev–Trinajstić information content (AvgIpc) is 2.98. The van der Waals surface area contributed by atoms with Gasteiger partial charge in [0, 0.05) is 22.9 Å². The molecule has 0 atom stereocenters. The molecular weight excluding hydrogens is 274 g/mol. The number of nitrogens with zero attached hydrogens (tertiary/aromatic N) is 1. The van der Waals surface area contributed by atoms with Crippen LogP contribution in [0.5, 0.6) is 0 Å². The Morgan fingerprint density at radius 3 is 2.55 bits per heavy atom. The van der Waals surface area contributed by atoms with Crippen LogP contribution in [0, 0.1) is 6.92 Å². The Balaban J connectivity index is 1.88. The van der Waals surface area contributed by atoms with Crippen molar-refractivity contribution in [2.24, 2.45) is 0 Å². The molecule has 0 saturated heterocycles. The molecule has 0 unspecified atom stereocenters. The first kappa shape index (κ1) is 14.1. The molecular formula is C18H17N3O. The number of anilines is 2. The minimum atomic E-state index is 0.0400. The van der Waals surface area contributed by atoms with E-state index >= 15 is 0 Å². The molecule has 2 N–H and O–H groups in total. The summed E-state index contributed by atoms with van der Waals surface area (Å²) in [5.74, 6) is 0.760. The third-order valence-electron chi connectivity index (χ3n) is 3.50. The second kappa shape index (κ2) is 5.85. The summed E-state index contributed by atoms with van der Waals surface area (Å²) in [7, 11) is 0. The van der Waals surface area contributed by atoms with E-state index in [9.17, 15) is 4.79 Å². The molecule has 2 aromatic carbocycles. The highest BCUT2D eigenvalue weighted by molar-refractivity contribution is 6.00. The zero-order chi connectivity index (χ0) is 15.5. The maximum atomic E-state index is 11.7. The SMILES string of the molecule is CC(=O)c1ccccc1-c1cc(Nc2ccc(C)cc2)n[nH]1. The van der Waals surface area contributed by atoms with Gasteiger partial charge >= 0.3 is 0 Å². The number of H-pyrrole nitrogens is 1. The van der Waals surface area contributed by atoms with E-state index in [-0.39, 0.29) is 5.78 Å². The lowest BCUT2D eigenvalue weighted by molar-refractivity contribution is 0.101. The first-order valence-corrected chi connectivity index (χ1v) is 7.13. The number of hydrogen-bond acceptors (Lipinski definition) is 3. The summed E-state index contributed by atoms with van der Waals surface area (Å²) in [4.78, 5) is 11.7. The number of rotatable bonds is 4. The van der Waals surface area contributed by atoms with Gasteiger partial charge in [0.25, 0.3) is 0 Å². The molecule has 3 rings (SSSR count). The quantitative estimate of drug-likeness (QED) is 0.703. The van der Waals surface area contributed by atoms with Crippen LogP contribution in [0.25, 0.3) is 11.3 Å². The fourth-order valence-electron chi connectivity index (χ4n) is 2.33. The van der Waals surface area contributed by atoms with Crippen molar-refractivity contribution in [1.82, 2.24) is 10.2 Å². The molecule has 1 heterocycles. The minimum absolute atomic E-state index is 0.0400. The second-order valence-corrected chi connectivity index (χ2v) is 5.26. The Bertz CT molecular complexity index is 803. The zero-order valence-corrected chi connectivity index (χ0v) is 12.6. The number of carbonyl (C=O) groups is 1. The summed E-state index contributed by atoms with van der Waals surface area (Å²) in [6.07, 6.45) is 0. The van der Waals surface area contributed by atoms with Gasteiger partial charge < -0.3 is 5.32 Å². The van der Waals surface area contributed by atoms with Crippen LogP contribution < -0.4 is 5.32 Å². The van der Waals surface area contributed by atoms with Gasteiger partial charge in [-0.3, -0.25) is 9.89 Å². The fraction of sp³-hybridized carbons (Fsp3) is 0.111. The Morgan fingerprint density at radius 1 is 1.09 bits per heavy atom. The number of benzene rings is 2. The lowest BCUT2D eigenvalue weighted by atomic mass is 10.0. The number of aromatic amines is 1. The topological polar surface area (TPSA) is 57.8 Å². The largest absolute Gasteiger partial charge is 0.339 e. The van der Waals surface area contributed by atoms with Gasteiger partial charge in [0.1, 0.15) is 0 Å². The monoisotopic (exact) mass is 291 g/mol. The van der Waals surface area contributed by atoms with Crippen molar-refractivity contribution in [2.45, 2.75) is 13.8 Å². The Labute approximate surface area is 129 Å². The number of Topliss-reactive ketones (excluding diaryl/α,β-unsaturated/α-hetero) is 1. The molecule has 0 aliphatic carbocycles. The van der Waals surface area contributed by atoms with Gasteiger partial charge in [-0.15, -0.1) is 0 Å². The molecule has 0 amide bonds. The van der Waals surface area contributed by atoms with Crippen molar-refractivity contribution in [2.75, 3.05) is 5.32 Å². The molecule has 0 bridgehead atoms. The first-order valence-electron chi connectivity index (χ1n) is 7.13. The van der Waals surface area contributed by atoms with Crippen LogP contribution in [-0.4, -0.2) is 16.0 Å². The van der Waals surface area contributed by atoms with E-state index in [2.05, 4.69) is 22.4 Å². The van der Waals surface area contributed by atoms with Gasteiger partial charge in [-0.1, -0.05) is 42.0 Å². The number of ketones is 1. The molecule has 0 aliphatic rings. The number of nitrogens with one attached hydrogen (secondary N) is 2. The van der Waals surface area contributed by atoms with Crippen LogP contribution in [0.2, 0.25) is 0 Å². The van der Waals surface area contributed by atoms with E-state index in [0.717, 1.165) is 22.8 Å². The summed E-state index contributed by atoms with van der Waals surface area (Å²) < 4.78 is 0. The molecule has 1 aromatic heterocycles. The van der Waals surface area contributed by atoms with Gasteiger partial charge in [-0.05, 0) is 26.0 Å². The number of aryl methyl sites for hydroxylation is 1. The standard InChI is InChI=1S/C18H17N3O/c1-12-7-9-14(10-8-12)19-18-11-17(20-21-18)16-6-4-3-5-15(16)13(2)22/h3-11H,1-2H3,(H2,19,20,21). The van der Waals surface area contributed by atoms with Crippen molar-refractivity contribution in [3.05, 3.63) is 65.7 Å². The van der Waals surface area contributed by atoms with Crippen LogP contribution in [0.3, 0.4) is 0 Å². The molecule has 0 fully saturated rings. The van der Waals surface area contributed by atoms with Crippen molar-refractivity contribution >= 4 is 17.3 Å². The third-order valence-corrected chi connectivity index (χ3v) is 3.50. The van der Waals surface area contributed by atoms with Crippen molar-refractivity contribution in [3.63, 3.8) is 0 Å². The molecule has 0 spiro atoms. The van der Waals surface area contributed by atoms with E-state index in [1.165, 1.54) is 5.56 Å². The van der Waals surface area contributed by atoms with E-state index in [4.69, 9.17) is 0 Å². The summed E-state index contributed by atoms with van der Waals surface area (Å²) in [5, 5.41) is 10.5. The van der Waals surface area contributed by atoms with Gasteiger partial charge in [0.2, 0.25) is 0 Å². The van der Waals surface area contributed by atoms with Crippen molar-refractivity contribution in [3.8, 4) is 11.3 Å². The normalized spacial score (nSPS) is 10.5. The zero-order valence-electron chi connectivity index (χ0n) is 12.6. The summed E-state index contributed by atoms with van der Waals surface area (Å²) in [5.41, 5.74) is 4.56. The predicted molar refractivity (Wildman–Crippen MR) is 88.5 cm³/mol. The average molecular weight is 291 g/mol. The molecule has 0 saturated carbocycles. The summed E-state index contributed by atoms with van der Waals surface area (Å²) in [6, 6.07) is 17.5. The highest BCUT2D eigenvalue weighted by Crippen LogP contribution is 2.25. The van der Waals surface area contributed by atoms with Crippen LogP contribution in [0.15, 0.2) is 54.6 Å². The minimum Gasteiger partial charge on any atom is -0.339 e. The van der Waals surface area contributed by atoms with E-state index in [1.54, 1.807) is 6.92 Å².